The van der Waals surface area contributed by atoms with E-state index < -0.39 is 41.5 Å². The molecule has 0 atom stereocenters. The first-order chi connectivity index (χ1) is 24.1. The van der Waals surface area contributed by atoms with Gasteiger partial charge in [0.25, 0.3) is 0 Å². The number of fused-ring (bicyclic) bond motifs is 2. The average Bonchev–Trinajstić information content (AvgIpc) is 3.09. The number of carbonyl (C=O) groups is 1. The molecule has 0 bridgehead atoms. The molecule has 0 fully saturated rings. The molecule has 258 valence electrons. The van der Waals surface area contributed by atoms with E-state index in [0.29, 0.717) is 50.5 Å². The number of nitrogens with zero attached hydrogens (tertiary/aromatic N) is 5. The molecule has 0 unspecified atom stereocenters. The summed E-state index contributed by atoms with van der Waals surface area (Å²) in [6, 6.07) is 20.5. The molecule has 53 heavy (non-hydrogen) atoms. The number of hydrogen-bond donors (Lipinski definition) is 4. The summed E-state index contributed by atoms with van der Waals surface area (Å²) in [5, 5.41) is 21.5. The van der Waals surface area contributed by atoms with Crippen molar-refractivity contribution in [3.63, 3.8) is 0 Å². The second-order valence-corrected chi connectivity index (χ2v) is 13.9. The van der Waals surface area contributed by atoms with E-state index in [9.17, 15) is 30.7 Å². The summed E-state index contributed by atoms with van der Waals surface area (Å²) >= 11 is 0. The number of Topliss-reactive ketones (excluding diaryl/α,β-unsaturated/α-hetero) is 1. The third-order valence-corrected chi connectivity index (χ3v) is 9.50. The van der Waals surface area contributed by atoms with Crippen molar-refractivity contribution in [2.24, 2.45) is 25.6 Å². The van der Waals surface area contributed by atoms with Gasteiger partial charge in [-0.3, -0.25) is 10.2 Å². The maximum Gasteiger partial charge on any atom is 1.00 e. The quantitative estimate of drug-likeness (QED) is 0.0543. The van der Waals surface area contributed by atoms with E-state index in [2.05, 4.69) is 31.0 Å². The zero-order chi connectivity index (χ0) is 36.7. The maximum atomic E-state index is 13.5. The minimum atomic E-state index is -5.12. The summed E-state index contributed by atoms with van der Waals surface area (Å²) in [5.74, 6) is -0.838. The Kier molecular flexibility index (Phi) is 12.8. The van der Waals surface area contributed by atoms with E-state index in [-0.39, 0.29) is 81.6 Å². The third kappa shape index (κ3) is 9.07. The number of anilines is 4. The molecule has 0 saturated carbocycles. The number of azo groups is 2. The standard InChI is InChI=1S/C33H27N9O7S2.2Na/c1-17-26(34)10-13-29(31(17)36)41-39-21-3-2-18-14-30(51(47,48)49)32(33(43)24(18)15-21)42-38-20-6-4-19(5-7-20)37-40-28-12-11-27(35)25-16-22(50(44,45)46)8-9-23(25)28;;/h2-16,38H,34-36H2,1H3,(H,44,45,46)(H,47,48,49);;/q;2*+1/p-2/b40-37?,41-39?,42-32+;;. The summed E-state index contributed by atoms with van der Waals surface area (Å²) in [5.41, 5.74) is 23.5. The van der Waals surface area contributed by atoms with Crippen molar-refractivity contribution in [3.05, 3.63) is 107 Å². The Morgan fingerprint density at radius 1 is 0.660 bits per heavy atom. The molecule has 1 aliphatic rings. The first-order valence-electron chi connectivity index (χ1n) is 14.7. The zero-order valence-electron chi connectivity index (χ0n) is 28.3. The molecule has 5 aromatic carbocycles. The molecule has 20 heteroatoms. The molecule has 0 amide bonds. The van der Waals surface area contributed by atoms with Crippen molar-refractivity contribution >= 4 is 94.1 Å². The number of rotatable bonds is 8. The Labute approximate surface area is 347 Å². The van der Waals surface area contributed by atoms with Crippen LogP contribution in [0.4, 0.5) is 45.5 Å². The predicted octanol–water partition coefficient (Wildman–Crippen LogP) is 0.188. The van der Waals surface area contributed by atoms with Gasteiger partial charge in [0.1, 0.15) is 31.6 Å². The molecule has 7 N–H and O–H groups in total. The van der Waals surface area contributed by atoms with Gasteiger partial charge in [-0.25, -0.2) is 16.8 Å². The number of hydrazone groups is 1. The number of nitrogens with one attached hydrogen (secondary N) is 1. The number of carbonyl (C=O) groups excluding carboxylic acids is 1. The van der Waals surface area contributed by atoms with Crippen LogP contribution in [0.3, 0.4) is 0 Å². The van der Waals surface area contributed by atoms with E-state index >= 15 is 0 Å². The number of hydrogen-bond acceptors (Lipinski definition) is 16. The van der Waals surface area contributed by atoms with Crippen molar-refractivity contribution in [3.8, 4) is 0 Å². The Morgan fingerprint density at radius 2 is 1.28 bits per heavy atom. The summed E-state index contributed by atoms with van der Waals surface area (Å²) < 4.78 is 70.8. The van der Waals surface area contributed by atoms with Crippen LogP contribution in [0.1, 0.15) is 21.5 Å². The molecule has 0 spiro atoms. The minimum Gasteiger partial charge on any atom is -0.744 e. The molecule has 0 heterocycles. The smallest absolute Gasteiger partial charge is 0.744 e. The monoisotopic (exact) mass is 769 g/mol. The van der Waals surface area contributed by atoms with Gasteiger partial charge in [0.2, 0.25) is 5.78 Å². The van der Waals surface area contributed by atoms with Gasteiger partial charge in [-0.15, -0.1) is 10.2 Å². The molecule has 0 aromatic heterocycles. The molecule has 6 rings (SSSR count). The fraction of sp³-hybridized carbons (Fsp3) is 0.0303. The van der Waals surface area contributed by atoms with Gasteiger partial charge in [-0.2, -0.15) is 15.3 Å². The van der Waals surface area contributed by atoms with Gasteiger partial charge in [-0.1, -0.05) is 12.1 Å². The Hall–Kier alpha value is -4.34. The fourth-order valence-corrected chi connectivity index (χ4v) is 6.16. The van der Waals surface area contributed by atoms with E-state index in [1.807, 2.05) is 0 Å². The first-order valence-corrected chi connectivity index (χ1v) is 17.5. The Balaban J connectivity index is 0.00000314. The topological polar surface area (TPSA) is 283 Å². The fourth-order valence-electron chi connectivity index (χ4n) is 5.02. The molecule has 0 radical (unpaired) electrons. The Bertz CT molecular complexity index is 2630. The van der Waals surface area contributed by atoms with Gasteiger partial charge in [0, 0.05) is 27.7 Å². The van der Waals surface area contributed by atoms with Crippen LogP contribution >= 0.6 is 0 Å². The van der Waals surface area contributed by atoms with Crippen LogP contribution in [0, 0.1) is 6.92 Å². The summed E-state index contributed by atoms with van der Waals surface area (Å²) in [6.07, 6.45) is 1.06. The maximum absolute atomic E-state index is 13.5. The average molecular weight is 770 g/mol. The van der Waals surface area contributed by atoms with Crippen LogP contribution in [-0.2, 0) is 20.2 Å². The SMILES string of the molecule is Cc1c(N)ccc(N=Nc2ccc3c(c2)C(=O)/C(=N/Nc2ccc(N=Nc4ccc(N)c5cc(S(=O)(=O)[O-])ccc45)cc2)C(S(=O)(=O)[O-])=C3)c1N.[Na+].[Na+]. The Morgan fingerprint density at radius 3 is 1.96 bits per heavy atom. The van der Waals surface area contributed by atoms with Crippen LogP contribution in [-0.4, -0.2) is 37.4 Å². The number of nitrogen functional groups attached to an aromatic ring is 3. The normalized spacial score (nSPS) is 13.8. The minimum absolute atomic E-state index is 0. The van der Waals surface area contributed by atoms with Gasteiger partial charge in [0.15, 0.2) is 0 Å². The number of allylic oxidation sites excluding steroid dienone is 1. The summed E-state index contributed by atoms with van der Waals surface area (Å²) in [4.78, 5) is 12.3. The van der Waals surface area contributed by atoms with Crippen LogP contribution in [0.2, 0.25) is 0 Å². The first kappa shape index (κ1) is 41.4. The second-order valence-electron chi connectivity index (χ2n) is 11.1. The van der Waals surface area contributed by atoms with Gasteiger partial charge in [-0.05, 0) is 96.9 Å². The van der Waals surface area contributed by atoms with Crippen LogP contribution in [0.5, 0.6) is 0 Å². The number of benzene rings is 5. The van der Waals surface area contributed by atoms with Gasteiger partial charge >= 0.3 is 59.1 Å². The molecule has 5 aromatic rings. The predicted molar refractivity (Wildman–Crippen MR) is 191 cm³/mol. The van der Waals surface area contributed by atoms with Crippen molar-refractivity contribution in [2.75, 3.05) is 22.6 Å². The van der Waals surface area contributed by atoms with Crippen molar-refractivity contribution < 1.29 is 89.9 Å². The largest absolute Gasteiger partial charge is 1.00 e. The van der Waals surface area contributed by atoms with Gasteiger partial charge in [0.05, 0.1) is 38.2 Å². The van der Waals surface area contributed by atoms with E-state index in [4.69, 9.17) is 17.2 Å². The van der Waals surface area contributed by atoms with Crippen LogP contribution in [0.25, 0.3) is 16.8 Å². The molecule has 0 saturated heterocycles. The third-order valence-electron chi connectivity index (χ3n) is 7.82. The number of ketones is 1. The van der Waals surface area contributed by atoms with Crippen molar-refractivity contribution in [1.29, 1.82) is 0 Å². The summed E-state index contributed by atoms with van der Waals surface area (Å²) in [6.45, 7) is 1.74. The molecule has 16 nitrogen and oxygen atoms in total. The molecule has 0 aliphatic heterocycles. The number of nitrogens with two attached hydrogens (primary N) is 3. The van der Waals surface area contributed by atoms with E-state index in [0.717, 1.165) is 12.1 Å². The van der Waals surface area contributed by atoms with Crippen LogP contribution < -0.4 is 81.7 Å². The zero-order valence-corrected chi connectivity index (χ0v) is 33.9. The van der Waals surface area contributed by atoms with Gasteiger partial charge < -0.3 is 26.3 Å². The second kappa shape index (κ2) is 16.4. The van der Waals surface area contributed by atoms with Crippen molar-refractivity contribution in [2.45, 2.75) is 11.8 Å². The molecule has 1 aliphatic carbocycles. The molecular weight excluding hydrogens is 745 g/mol. The molecular formula is C33H25N9Na2O7S2. The summed E-state index contributed by atoms with van der Waals surface area (Å²) in [7, 11) is -9.81. The van der Waals surface area contributed by atoms with E-state index in [1.165, 1.54) is 48.5 Å². The van der Waals surface area contributed by atoms with Crippen LogP contribution in [0.15, 0.2) is 120 Å². The van der Waals surface area contributed by atoms with Crippen molar-refractivity contribution in [1.82, 2.24) is 0 Å². The van der Waals surface area contributed by atoms with E-state index in [1.54, 1.807) is 37.3 Å².